The molecule has 4 heterocycles. The molecule has 11 rings (SSSR count). The minimum atomic E-state index is 0.838. The minimum Gasteiger partial charge on any atom is -0.248 e. The Kier molecular flexibility index (Phi) is 10.9. The maximum Gasteiger partial charge on any atom is 0.0717 e. The first-order valence-electron chi connectivity index (χ1n) is 22.2. The SMILES string of the molecule is c1ccc(-c2cc(-c3ccccc3)nc(-c3cc(-c4ccccc4)nc(-c4cccc(-c5cc(-c6cc(-c7ccccc7)cc(-c7ccccc7)n6)cc(-c6ccccc6)n5)c4)c3)c2)cc1. The van der Waals surface area contributed by atoms with Crippen molar-refractivity contribution in [1.29, 1.82) is 0 Å². The molecule has 0 aliphatic carbocycles. The highest BCUT2D eigenvalue weighted by Gasteiger charge is 2.17. The molecule has 0 fully saturated rings. The van der Waals surface area contributed by atoms with Gasteiger partial charge in [-0.2, -0.15) is 0 Å². The van der Waals surface area contributed by atoms with Gasteiger partial charge in [0.2, 0.25) is 0 Å². The van der Waals surface area contributed by atoms with Gasteiger partial charge in [-0.25, -0.2) is 19.9 Å². The lowest BCUT2D eigenvalue weighted by molar-refractivity contribution is 1.28. The smallest absolute Gasteiger partial charge is 0.0717 e. The van der Waals surface area contributed by atoms with E-state index in [9.17, 15) is 0 Å². The lowest BCUT2D eigenvalue weighted by Gasteiger charge is -2.14. The van der Waals surface area contributed by atoms with Crippen molar-refractivity contribution in [3.8, 4) is 112 Å². The third-order valence-corrected chi connectivity index (χ3v) is 11.8. The maximum atomic E-state index is 5.34. The Morgan fingerprint density at radius 1 is 0.136 bits per heavy atom. The molecule has 0 radical (unpaired) electrons. The van der Waals surface area contributed by atoms with Crippen LogP contribution in [0.1, 0.15) is 0 Å². The van der Waals surface area contributed by atoms with Crippen molar-refractivity contribution in [3.05, 3.63) is 255 Å². The first-order chi connectivity index (χ1) is 32.7. The lowest BCUT2D eigenvalue weighted by Crippen LogP contribution is -1.96. The summed E-state index contributed by atoms with van der Waals surface area (Å²) in [5.74, 6) is 0. The number of hydrogen-bond donors (Lipinski definition) is 0. The lowest BCUT2D eigenvalue weighted by atomic mass is 9.96. The Balaban J connectivity index is 1.07. The van der Waals surface area contributed by atoms with E-state index in [-0.39, 0.29) is 0 Å². The second-order valence-electron chi connectivity index (χ2n) is 16.3. The summed E-state index contributed by atoms with van der Waals surface area (Å²) in [6.45, 7) is 0. The molecule has 0 bridgehead atoms. The zero-order chi connectivity index (χ0) is 44.1. The van der Waals surface area contributed by atoms with E-state index in [1.165, 1.54) is 0 Å². The molecule has 11 aromatic rings. The molecule has 4 aromatic heterocycles. The van der Waals surface area contributed by atoms with E-state index < -0.39 is 0 Å². The number of benzene rings is 7. The average molecular weight is 843 g/mol. The quantitative estimate of drug-likeness (QED) is 0.138. The summed E-state index contributed by atoms with van der Waals surface area (Å²) >= 11 is 0. The first kappa shape index (κ1) is 40.0. The van der Waals surface area contributed by atoms with E-state index >= 15 is 0 Å². The Morgan fingerprint density at radius 2 is 0.333 bits per heavy atom. The Morgan fingerprint density at radius 3 is 0.606 bits per heavy atom. The van der Waals surface area contributed by atoms with Gasteiger partial charge in [-0.3, -0.25) is 0 Å². The molecule has 0 aliphatic heterocycles. The van der Waals surface area contributed by atoms with Gasteiger partial charge in [0.25, 0.3) is 0 Å². The van der Waals surface area contributed by atoms with Gasteiger partial charge in [-0.15, -0.1) is 0 Å². The number of rotatable bonds is 10. The van der Waals surface area contributed by atoms with Gasteiger partial charge in [0.1, 0.15) is 0 Å². The largest absolute Gasteiger partial charge is 0.248 e. The minimum absolute atomic E-state index is 0.838. The van der Waals surface area contributed by atoms with Gasteiger partial charge in [-0.05, 0) is 76.9 Å². The van der Waals surface area contributed by atoms with E-state index in [0.717, 1.165) is 112 Å². The Labute approximate surface area is 385 Å². The fraction of sp³-hybridized carbons (Fsp3) is 0. The summed E-state index contributed by atoms with van der Waals surface area (Å²) < 4.78 is 0. The van der Waals surface area contributed by atoms with Crippen molar-refractivity contribution in [2.75, 3.05) is 0 Å². The van der Waals surface area contributed by atoms with Gasteiger partial charge in [0, 0.05) is 44.5 Å². The molecule has 0 N–H and O–H groups in total. The van der Waals surface area contributed by atoms with Crippen molar-refractivity contribution in [2.45, 2.75) is 0 Å². The fourth-order valence-electron chi connectivity index (χ4n) is 8.47. The van der Waals surface area contributed by atoms with Crippen LogP contribution >= 0.6 is 0 Å². The fourth-order valence-corrected chi connectivity index (χ4v) is 8.47. The summed E-state index contributed by atoms with van der Waals surface area (Å²) in [5.41, 5.74) is 19.5. The predicted octanol–water partition coefficient (Wildman–Crippen LogP) is 15.9. The highest BCUT2D eigenvalue weighted by molar-refractivity contribution is 5.84. The molecular formula is C62H42N4. The van der Waals surface area contributed by atoms with Crippen molar-refractivity contribution in [3.63, 3.8) is 0 Å². The summed E-state index contributed by atoms with van der Waals surface area (Å²) in [6.07, 6.45) is 0. The van der Waals surface area contributed by atoms with E-state index in [2.05, 4.69) is 231 Å². The van der Waals surface area contributed by atoms with Crippen LogP contribution in [0.5, 0.6) is 0 Å². The number of hydrogen-bond acceptors (Lipinski definition) is 4. The van der Waals surface area contributed by atoms with Crippen LogP contribution in [-0.4, -0.2) is 19.9 Å². The monoisotopic (exact) mass is 842 g/mol. The van der Waals surface area contributed by atoms with Crippen LogP contribution in [-0.2, 0) is 0 Å². The molecule has 7 aromatic carbocycles. The van der Waals surface area contributed by atoms with E-state index in [1.54, 1.807) is 0 Å². The molecule has 0 aliphatic rings. The first-order valence-corrected chi connectivity index (χ1v) is 22.2. The van der Waals surface area contributed by atoms with Crippen LogP contribution in [0.3, 0.4) is 0 Å². The van der Waals surface area contributed by atoms with Gasteiger partial charge in [0.15, 0.2) is 0 Å². The van der Waals surface area contributed by atoms with E-state index in [1.807, 2.05) is 24.3 Å². The summed E-state index contributed by atoms with van der Waals surface area (Å²) in [4.78, 5) is 21.3. The standard InChI is InChI=1S/C62H42N4/c1-7-20-43(21-8-1)51-35-55(45-24-11-3-12-25-45)65-61(37-51)53-39-57(47-28-15-5-16-29-47)63-59(41-53)49-32-19-33-50(34-49)60-42-54(40-58(64-60)48-30-17-6-18-31-48)62-38-52(44-22-9-2-10-23-44)36-56(66-62)46-26-13-4-14-27-46/h1-42H. The summed E-state index contributed by atoms with van der Waals surface area (Å²) in [7, 11) is 0. The van der Waals surface area contributed by atoms with Gasteiger partial charge in [0.05, 0.1) is 45.6 Å². The van der Waals surface area contributed by atoms with Gasteiger partial charge in [-0.1, -0.05) is 200 Å². The predicted molar refractivity (Wildman–Crippen MR) is 272 cm³/mol. The number of aromatic nitrogens is 4. The van der Waals surface area contributed by atoms with Crippen LogP contribution in [0.2, 0.25) is 0 Å². The molecule has 0 amide bonds. The molecule has 0 saturated heterocycles. The second kappa shape index (κ2) is 18.1. The van der Waals surface area contributed by atoms with E-state index in [4.69, 9.17) is 19.9 Å². The molecule has 4 nitrogen and oxygen atoms in total. The highest BCUT2D eigenvalue weighted by atomic mass is 14.8. The number of pyridine rings is 4. The second-order valence-corrected chi connectivity index (χ2v) is 16.3. The van der Waals surface area contributed by atoms with Crippen LogP contribution in [0.25, 0.3) is 112 Å². The third-order valence-electron chi connectivity index (χ3n) is 11.8. The van der Waals surface area contributed by atoms with Gasteiger partial charge < -0.3 is 0 Å². The summed E-state index contributed by atoms with van der Waals surface area (Å²) in [5, 5.41) is 0. The topological polar surface area (TPSA) is 51.6 Å². The van der Waals surface area contributed by atoms with Crippen LogP contribution in [0.4, 0.5) is 0 Å². The molecule has 4 heteroatoms. The Hall–Kier alpha value is -8.86. The molecule has 0 spiro atoms. The van der Waals surface area contributed by atoms with Crippen molar-refractivity contribution in [1.82, 2.24) is 19.9 Å². The van der Waals surface area contributed by atoms with Crippen LogP contribution in [0.15, 0.2) is 255 Å². The third kappa shape index (κ3) is 8.59. The normalized spacial score (nSPS) is 11.0. The molecule has 66 heavy (non-hydrogen) atoms. The molecular weight excluding hydrogens is 801 g/mol. The molecule has 310 valence electrons. The molecule has 0 atom stereocenters. The van der Waals surface area contributed by atoms with Crippen LogP contribution in [0, 0.1) is 0 Å². The van der Waals surface area contributed by atoms with Crippen molar-refractivity contribution >= 4 is 0 Å². The zero-order valence-electron chi connectivity index (χ0n) is 36.0. The molecule has 0 saturated carbocycles. The Bertz CT molecular complexity index is 3090. The molecule has 0 unspecified atom stereocenters. The van der Waals surface area contributed by atoms with E-state index in [0.29, 0.717) is 0 Å². The van der Waals surface area contributed by atoms with Gasteiger partial charge >= 0.3 is 0 Å². The van der Waals surface area contributed by atoms with Crippen molar-refractivity contribution in [2.24, 2.45) is 0 Å². The van der Waals surface area contributed by atoms with Crippen LogP contribution < -0.4 is 0 Å². The summed E-state index contributed by atoms with van der Waals surface area (Å²) in [6, 6.07) is 88.5. The van der Waals surface area contributed by atoms with Crippen molar-refractivity contribution < 1.29 is 0 Å². The highest BCUT2D eigenvalue weighted by Crippen LogP contribution is 2.37. The maximum absolute atomic E-state index is 5.34. The zero-order valence-corrected chi connectivity index (χ0v) is 36.0. The average Bonchev–Trinajstić information content (AvgIpc) is 3.42. The number of nitrogens with zero attached hydrogens (tertiary/aromatic N) is 4.